The number of nitrogens with zero attached hydrogens (tertiary/aromatic N) is 2. The lowest BCUT2D eigenvalue weighted by molar-refractivity contribution is 0.184. The first kappa shape index (κ1) is 10.4. The normalized spacial score (nSPS) is 20.9. The molecule has 0 aromatic heterocycles. The molecule has 0 spiro atoms. The molecule has 1 heterocycles. The molecule has 2 nitrogen and oxygen atoms in total. The van der Waals surface area contributed by atoms with Crippen LogP contribution in [-0.2, 0) is 0 Å². The fourth-order valence-corrected chi connectivity index (χ4v) is 1.50. The van der Waals surface area contributed by atoms with E-state index in [1.165, 1.54) is 12.8 Å². The molecule has 1 rings (SSSR count). The summed E-state index contributed by atoms with van der Waals surface area (Å²) in [7, 11) is 0. The summed E-state index contributed by atoms with van der Waals surface area (Å²) in [5.74, 6) is 0. The van der Waals surface area contributed by atoms with E-state index in [1.54, 1.807) is 0 Å². The van der Waals surface area contributed by atoms with Gasteiger partial charge in [-0.25, -0.2) is 0 Å². The molecule has 76 valence electrons. The maximum absolute atomic E-state index is 2.41. The van der Waals surface area contributed by atoms with Gasteiger partial charge in [0.1, 0.15) is 0 Å². The molecule has 0 N–H and O–H groups in total. The number of hydrogen-bond donors (Lipinski definition) is 0. The van der Waals surface area contributed by atoms with Crippen molar-refractivity contribution in [3.8, 4) is 0 Å². The molecule has 0 bridgehead atoms. The van der Waals surface area contributed by atoms with Gasteiger partial charge in [-0.1, -0.05) is 13.8 Å². The molecular weight excluding hydrogens is 160 g/mol. The van der Waals surface area contributed by atoms with Crippen LogP contribution in [0.2, 0.25) is 0 Å². The number of hydrogen-bond acceptors (Lipinski definition) is 2. The van der Waals surface area contributed by atoms with Crippen LogP contribution in [0.1, 0.15) is 40.5 Å². The van der Waals surface area contributed by atoms with Crippen LogP contribution in [0.3, 0.4) is 0 Å². The van der Waals surface area contributed by atoms with Crippen LogP contribution in [0, 0.1) is 0 Å². The fourth-order valence-electron chi connectivity index (χ4n) is 1.50. The molecular formula is C11H22N2. The summed E-state index contributed by atoms with van der Waals surface area (Å²) in [5.41, 5.74) is 0. The maximum Gasteiger partial charge on any atom is 0.0899 e. The highest BCUT2D eigenvalue weighted by Gasteiger charge is 2.18. The lowest BCUT2D eigenvalue weighted by Crippen LogP contribution is -2.35. The van der Waals surface area contributed by atoms with Crippen molar-refractivity contribution in [3.05, 3.63) is 12.4 Å². The van der Waals surface area contributed by atoms with E-state index in [9.17, 15) is 0 Å². The third kappa shape index (κ3) is 2.39. The Morgan fingerprint density at radius 2 is 1.38 bits per heavy atom. The van der Waals surface area contributed by atoms with Crippen molar-refractivity contribution in [2.75, 3.05) is 6.67 Å². The van der Waals surface area contributed by atoms with Gasteiger partial charge in [-0.05, 0) is 26.7 Å². The Kier molecular flexibility index (Phi) is 3.64. The summed E-state index contributed by atoms with van der Waals surface area (Å²) in [5, 5.41) is 0. The van der Waals surface area contributed by atoms with Crippen LogP contribution in [0.5, 0.6) is 0 Å². The Hall–Kier alpha value is -0.660. The van der Waals surface area contributed by atoms with Crippen molar-refractivity contribution < 1.29 is 0 Å². The third-order valence-corrected chi connectivity index (χ3v) is 3.09. The van der Waals surface area contributed by atoms with Gasteiger partial charge in [0.05, 0.1) is 6.67 Å². The van der Waals surface area contributed by atoms with E-state index in [2.05, 4.69) is 49.9 Å². The average Bonchev–Trinajstić information content (AvgIpc) is 2.64. The zero-order chi connectivity index (χ0) is 9.84. The van der Waals surface area contributed by atoms with Gasteiger partial charge in [-0.15, -0.1) is 0 Å². The molecule has 0 aromatic carbocycles. The first-order valence-corrected chi connectivity index (χ1v) is 5.38. The predicted octanol–water partition coefficient (Wildman–Crippen LogP) is 2.63. The van der Waals surface area contributed by atoms with Gasteiger partial charge in [0, 0.05) is 24.5 Å². The zero-order valence-electron chi connectivity index (χ0n) is 9.33. The summed E-state index contributed by atoms with van der Waals surface area (Å²) < 4.78 is 0. The molecule has 2 heteroatoms. The van der Waals surface area contributed by atoms with Crippen LogP contribution in [-0.4, -0.2) is 28.6 Å². The fraction of sp³-hybridized carbons (Fsp3) is 0.818. The molecule has 1 aliphatic heterocycles. The summed E-state index contributed by atoms with van der Waals surface area (Å²) >= 11 is 0. The maximum atomic E-state index is 2.41. The van der Waals surface area contributed by atoms with E-state index < -0.39 is 0 Å². The SMILES string of the molecule is CCC(C)N1C=CN(C(C)CC)C1. The van der Waals surface area contributed by atoms with E-state index in [0.717, 1.165) is 6.67 Å². The molecule has 0 fully saturated rings. The summed E-state index contributed by atoms with van der Waals surface area (Å²) in [6, 6.07) is 1.34. The Morgan fingerprint density at radius 3 is 1.69 bits per heavy atom. The minimum atomic E-state index is 0.672. The molecule has 0 aliphatic carbocycles. The minimum absolute atomic E-state index is 0.672. The van der Waals surface area contributed by atoms with Crippen LogP contribution in [0.15, 0.2) is 12.4 Å². The summed E-state index contributed by atoms with van der Waals surface area (Å²) in [4.78, 5) is 4.82. The Labute approximate surface area is 82.2 Å². The van der Waals surface area contributed by atoms with Crippen molar-refractivity contribution in [1.82, 2.24) is 9.80 Å². The van der Waals surface area contributed by atoms with E-state index in [4.69, 9.17) is 0 Å². The Morgan fingerprint density at radius 1 is 1.00 bits per heavy atom. The molecule has 2 unspecified atom stereocenters. The summed E-state index contributed by atoms with van der Waals surface area (Å²) in [6.07, 6.45) is 6.89. The van der Waals surface area contributed by atoms with Crippen molar-refractivity contribution in [3.63, 3.8) is 0 Å². The van der Waals surface area contributed by atoms with Crippen molar-refractivity contribution in [2.24, 2.45) is 0 Å². The number of rotatable bonds is 4. The quantitative estimate of drug-likeness (QED) is 0.659. The van der Waals surface area contributed by atoms with Gasteiger partial charge >= 0.3 is 0 Å². The second-order valence-corrected chi connectivity index (χ2v) is 3.98. The van der Waals surface area contributed by atoms with Crippen molar-refractivity contribution >= 4 is 0 Å². The second-order valence-electron chi connectivity index (χ2n) is 3.98. The van der Waals surface area contributed by atoms with E-state index in [1.807, 2.05) is 0 Å². The molecule has 0 radical (unpaired) electrons. The topological polar surface area (TPSA) is 6.48 Å². The predicted molar refractivity (Wildman–Crippen MR) is 57.2 cm³/mol. The highest BCUT2D eigenvalue weighted by Crippen LogP contribution is 2.16. The first-order chi connectivity index (χ1) is 6.19. The Balaban J connectivity index is 2.41. The second kappa shape index (κ2) is 4.54. The molecule has 0 saturated heterocycles. The molecule has 0 aromatic rings. The molecule has 13 heavy (non-hydrogen) atoms. The monoisotopic (exact) mass is 182 g/mol. The molecule has 2 atom stereocenters. The van der Waals surface area contributed by atoms with Crippen LogP contribution in [0.25, 0.3) is 0 Å². The van der Waals surface area contributed by atoms with Gasteiger partial charge < -0.3 is 9.80 Å². The van der Waals surface area contributed by atoms with Crippen molar-refractivity contribution in [2.45, 2.75) is 52.6 Å². The zero-order valence-corrected chi connectivity index (χ0v) is 9.33. The van der Waals surface area contributed by atoms with Crippen molar-refractivity contribution in [1.29, 1.82) is 0 Å². The van der Waals surface area contributed by atoms with Crippen LogP contribution in [0.4, 0.5) is 0 Å². The largest absolute Gasteiger partial charge is 0.356 e. The van der Waals surface area contributed by atoms with Gasteiger partial charge in [0.15, 0.2) is 0 Å². The molecule has 0 amide bonds. The summed E-state index contributed by atoms with van der Waals surface area (Å²) in [6.45, 7) is 10.1. The third-order valence-electron chi connectivity index (χ3n) is 3.09. The lowest BCUT2D eigenvalue weighted by atomic mass is 10.2. The average molecular weight is 182 g/mol. The standard InChI is InChI=1S/C11H22N2/c1-5-10(3)12-7-8-13(9-12)11(4)6-2/h7-8,10-11H,5-6,9H2,1-4H3. The van der Waals surface area contributed by atoms with Crippen LogP contribution >= 0.6 is 0 Å². The molecule has 1 aliphatic rings. The van der Waals surface area contributed by atoms with E-state index in [0.29, 0.717) is 12.1 Å². The minimum Gasteiger partial charge on any atom is -0.356 e. The van der Waals surface area contributed by atoms with E-state index in [-0.39, 0.29) is 0 Å². The van der Waals surface area contributed by atoms with Gasteiger partial charge in [0.25, 0.3) is 0 Å². The van der Waals surface area contributed by atoms with Gasteiger partial charge in [0.2, 0.25) is 0 Å². The van der Waals surface area contributed by atoms with Gasteiger partial charge in [-0.2, -0.15) is 0 Å². The smallest absolute Gasteiger partial charge is 0.0899 e. The highest BCUT2D eigenvalue weighted by atomic mass is 15.4. The van der Waals surface area contributed by atoms with Crippen LogP contribution < -0.4 is 0 Å². The lowest BCUT2D eigenvalue weighted by Gasteiger charge is -2.29. The molecule has 0 saturated carbocycles. The Bertz CT molecular complexity index is 159. The van der Waals surface area contributed by atoms with E-state index >= 15 is 0 Å². The van der Waals surface area contributed by atoms with Gasteiger partial charge in [-0.3, -0.25) is 0 Å². The first-order valence-electron chi connectivity index (χ1n) is 5.38. The highest BCUT2D eigenvalue weighted by molar-refractivity contribution is 4.94.